The molecule has 1 unspecified atom stereocenters. The molecular formula is C12H16ClFN2O. The normalized spacial score (nSPS) is 18.6. The summed E-state index contributed by atoms with van der Waals surface area (Å²) in [6.45, 7) is 3.32. The van der Waals surface area contributed by atoms with Crippen molar-refractivity contribution in [1.29, 1.82) is 0 Å². The van der Waals surface area contributed by atoms with Gasteiger partial charge in [-0.2, -0.15) is 0 Å². The third-order valence-corrected chi connectivity index (χ3v) is 2.90. The van der Waals surface area contributed by atoms with Crippen LogP contribution in [0.15, 0.2) is 18.2 Å². The van der Waals surface area contributed by atoms with Crippen LogP contribution >= 0.6 is 12.4 Å². The van der Waals surface area contributed by atoms with Gasteiger partial charge in [0, 0.05) is 6.54 Å². The molecule has 1 aliphatic heterocycles. The van der Waals surface area contributed by atoms with E-state index in [1.165, 1.54) is 6.07 Å². The highest BCUT2D eigenvalue weighted by Gasteiger charge is 2.23. The lowest BCUT2D eigenvalue weighted by Gasteiger charge is -2.12. The van der Waals surface area contributed by atoms with Gasteiger partial charge in [0.15, 0.2) is 0 Å². The van der Waals surface area contributed by atoms with E-state index in [9.17, 15) is 9.18 Å². The maximum Gasteiger partial charge on any atom is 0.228 e. The second kappa shape index (κ2) is 5.98. The van der Waals surface area contributed by atoms with Gasteiger partial charge < -0.3 is 10.6 Å². The second-order valence-corrected chi connectivity index (χ2v) is 4.11. The van der Waals surface area contributed by atoms with E-state index in [1.54, 1.807) is 19.1 Å². The summed E-state index contributed by atoms with van der Waals surface area (Å²) < 4.78 is 13.5. The monoisotopic (exact) mass is 258 g/mol. The van der Waals surface area contributed by atoms with Crippen LogP contribution in [-0.4, -0.2) is 19.0 Å². The summed E-state index contributed by atoms with van der Waals surface area (Å²) in [5, 5.41) is 5.78. The first kappa shape index (κ1) is 13.9. The van der Waals surface area contributed by atoms with E-state index in [1.807, 2.05) is 0 Å². The van der Waals surface area contributed by atoms with Gasteiger partial charge >= 0.3 is 0 Å². The van der Waals surface area contributed by atoms with Crippen molar-refractivity contribution in [3.8, 4) is 0 Å². The van der Waals surface area contributed by atoms with Crippen molar-refractivity contribution in [2.75, 3.05) is 18.4 Å². The molecule has 2 N–H and O–H groups in total. The number of benzene rings is 1. The van der Waals surface area contributed by atoms with Crippen LogP contribution in [0.1, 0.15) is 12.0 Å². The first-order chi connectivity index (χ1) is 7.68. The Morgan fingerprint density at radius 1 is 1.53 bits per heavy atom. The van der Waals surface area contributed by atoms with E-state index in [2.05, 4.69) is 10.6 Å². The van der Waals surface area contributed by atoms with Crippen molar-refractivity contribution in [2.45, 2.75) is 13.3 Å². The lowest BCUT2D eigenvalue weighted by Crippen LogP contribution is -2.25. The highest BCUT2D eigenvalue weighted by atomic mass is 35.5. The summed E-state index contributed by atoms with van der Waals surface area (Å²) in [4.78, 5) is 11.8. The molecule has 2 rings (SSSR count). The van der Waals surface area contributed by atoms with Crippen molar-refractivity contribution in [3.63, 3.8) is 0 Å². The predicted octanol–water partition coefficient (Wildman–Crippen LogP) is 2.10. The zero-order valence-electron chi connectivity index (χ0n) is 9.63. The Morgan fingerprint density at radius 2 is 2.29 bits per heavy atom. The standard InChI is InChI=1S/C12H15FN2O.ClH/c1-8-3-2-4-10(13)11(8)15-12(16)9-5-6-14-7-9;/h2-4,9,14H,5-7H2,1H3,(H,15,16);1H. The predicted molar refractivity (Wildman–Crippen MR) is 68.0 cm³/mol. The minimum atomic E-state index is -0.376. The SMILES string of the molecule is Cc1cccc(F)c1NC(=O)C1CCNC1.Cl. The number of para-hydroxylation sites is 1. The van der Waals surface area contributed by atoms with Crippen LogP contribution < -0.4 is 10.6 Å². The first-order valence-electron chi connectivity index (χ1n) is 5.45. The molecule has 0 spiro atoms. The molecule has 5 heteroatoms. The topological polar surface area (TPSA) is 41.1 Å². The molecule has 1 fully saturated rings. The molecule has 1 atom stereocenters. The lowest BCUT2D eigenvalue weighted by molar-refractivity contribution is -0.119. The number of nitrogens with one attached hydrogen (secondary N) is 2. The number of aryl methyl sites for hydroxylation is 1. The minimum absolute atomic E-state index is 0. The molecular weight excluding hydrogens is 243 g/mol. The molecule has 0 bridgehead atoms. The van der Waals surface area contributed by atoms with Crippen molar-refractivity contribution >= 4 is 24.0 Å². The summed E-state index contributed by atoms with van der Waals surface area (Å²) in [5.41, 5.74) is 1.05. The molecule has 0 saturated carbocycles. The van der Waals surface area contributed by atoms with Gasteiger partial charge in [-0.05, 0) is 31.5 Å². The van der Waals surface area contributed by atoms with E-state index in [4.69, 9.17) is 0 Å². The fourth-order valence-corrected chi connectivity index (χ4v) is 1.89. The van der Waals surface area contributed by atoms with Gasteiger partial charge in [0.2, 0.25) is 5.91 Å². The highest BCUT2D eigenvalue weighted by molar-refractivity contribution is 5.93. The number of anilines is 1. The smallest absolute Gasteiger partial charge is 0.228 e. The molecule has 0 radical (unpaired) electrons. The maximum absolute atomic E-state index is 13.5. The lowest BCUT2D eigenvalue weighted by atomic mass is 10.1. The molecule has 1 aromatic rings. The fourth-order valence-electron chi connectivity index (χ4n) is 1.89. The molecule has 1 heterocycles. The molecule has 1 aliphatic rings. The Morgan fingerprint density at radius 3 is 2.88 bits per heavy atom. The van der Waals surface area contributed by atoms with Gasteiger partial charge in [-0.3, -0.25) is 4.79 Å². The van der Waals surface area contributed by atoms with Crippen LogP contribution in [0.4, 0.5) is 10.1 Å². The zero-order valence-corrected chi connectivity index (χ0v) is 10.4. The number of carbonyl (C=O) groups excluding carboxylic acids is 1. The first-order valence-corrected chi connectivity index (χ1v) is 5.45. The second-order valence-electron chi connectivity index (χ2n) is 4.11. The van der Waals surface area contributed by atoms with Gasteiger partial charge in [-0.15, -0.1) is 12.4 Å². The third-order valence-electron chi connectivity index (χ3n) is 2.90. The maximum atomic E-state index is 13.5. The van der Waals surface area contributed by atoms with Gasteiger partial charge in [0.05, 0.1) is 11.6 Å². The zero-order chi connectivity index (χ0) is 11.5. The highest BCUT2D eigenvalue weighted by Crippen LogP contribution is 2.20. The van der Waals surface area contributed by atoms with Gasteiger partial charge in [0.25, 0.3) is 0 Å². The molecule has 3 nitrogen and oxygen atoms in total. The quantitative estimate of drug-likeness (QED) is 0.853. The molecule has 1 amide bonds. The number of rotatable bonds is 2. The summed E-state index contributed by atoms with van der Waals surface area (Å²) >= 11 is 0. The van der Waals surface area contributed by atoms with Crippen LogP contribution in [0.5, 0.6) is 0 Å². The van der Waals surface area contributed by atoms with Crippen LogP contribution in [0.3, 0.4) is 0 Å². The van der Waals surface area contributed by atoms with Crippen LogP contribution in [-0.2, 0) is 4.79 Å². The molecule has 0 aliphatic carbocycles. The molecule has 17 heavy (non-hydrogen) atoms. The number of halogens is 2. The van der Waals surface area contributed by atoms with Crippen LogP contribution in [0.25, 0.3) is 0 Å². The summed E-state index contributed by atoms with van der Waals surface area (Å²) in [7, 11) is 0. The number of amides is 1. The fraction of sp³-hybridized carbons (Fsp3) is 0.417. The summed E-state index contributed by atoms with van der Waals surface area (Å²) in [6, 6.07) is 4.78. The van der Waals surface area contributed by atoms with Crippen molar-refractivity contribution in [2.24, 2.45) is 5.92 Å². The van der Waals surface area contributed by atoms with Gasteiger partial charge in [0.1, 0.15) is 5.82 Å². The van der Waals surface area contributed by atoms with E-state index >= 15 is 0 Å². The van der Waals surface area contributed by atoms with E-state index in [0.29, 0.717) is 12.2 Å². The Labute approximate surface area is 106 Å². The largest absolute Gasteiger partial charge is 0.323 e. The van der Waals surface area contributed by atoms with E-state index < -0.39 is 0 Å². The van der Waals surface area contributed by atoms with Gasteiger partial charge in [-0.25, -0.2) is 4.39 Å². The Hall–Kier alpha value is -1.13. The molecule has 1 aromatic carbocycles. The Bertz CT molecular complexity index is 385. The number of hydrogen-bond acceptors (Lipinski definition) is 2. The summed E-state index contributed by atoms with van der Waals surface area (Å²) in [6.07, 6.45) is 0.819. The van der Waals surface area contributed by atoms with Crippen molar-refractivity contribution in [1.82, 2.24) is 5.32 Å². The average molecular weight is 259 g/mol. The van der Waals surface area contributed by atoms with Crippen molar-refractivity contribution in [3.05, 3.63) is 29.6 Å². The Kier molecular flexibility index (Phi) is 4.90. The van der Waals surface area contributed by atoms with Crippen LogP contribution in [0, 0.1) is 18.7 Å². The number of carbonyl (C=O) groups is 1. The molecule has 0 aromatic heterocycles. The third kappa shape index (κ3) is 3.17. The van der Waals surface area contributed by atoms with Crippen LogP contribution in [0.2, 0.25) is 0 Å². The Balaban J connectivity index is 0.00000144. The van der Waals surface area contributed by atoms with E-state index in [-0.39, 0.29) is 30.0 Å². The summed E-state index contributed by atoms with van der Waals surface area (Å²) in [5.74, 6) is -0.517. The number of hydrogen-bond donors (Lipinski definition) is 2. The molecule has 94 valence electrons. The minimum Gasteiger partial charge on any atom is -0.323 e. The van der Waals surface area contributed by atoms with E-state index in [0.717, 1.165) is 18.5 Å². The average Bonchev–Trinajstić information content (AvgIpc) is 2.76. The van der Waals surface area contributed by atoms with Gasteiger partial charge in [-0.1, -0.05) is 12.1 Å². The van der Waals surface area contributed by atoms with Crippen molar-refractivity contribution < 1.29 is 9.18 Å². The molecule has 1 saturated heterocycles.